The number of hydrogen-bond acceptors (Lipinski definition) is 2. The van der Waals surface area contributed by atoms with Gasteiger partial charge in [-0.1, -0.05) is 18.2 Å². The molecular formula is C23H34N3O2+. The lowest BCUT2D eigenvalue weighted by atomic mass is 9.53. The lowest BCUT2D eigenvalue weighted by Gasteiger charge is -2.55. The molecule has 0 unspecified atom stereocenters. The fourth-order valence-electron chi connectivity index (χ4n) is 6.51. The summed E-state index contributed by atoms with van der Waals surface area (Å²) in [6.45, 7) is 5.95. The minimum Gasteiger partial charge on any atom is -0.342 e. The molecule has 4 aliphatic rings. The fourth-order valence-corrected chi connectivity index (χ4v) is 6.51. The van der Waals surface area contributed by atoms with E-state index in [1.54, 1.807) is 0 Å². The molecule has 4 N–H and O–H groups in total. The first kappa shape index (κ1) is 19.4. The van der Waals surface area contributed by atoms with Crippen molar-refractivity contribution < 1.29 is 14.9 Å². The number of amides is 2. The number of aryl methyl sites for hydroxylation is 2. The van der Waals surface area contributed by atoms with Crippen LogP contribution in [0.1, 0.15) is 56.6 Å². The Morgan fingerprint density at radius 2 is 1.61 bits per heavy atom. The highest BCUT2D eigenvalue weighted by Crippen LogP contribution is 2.54. The predicted octanol–water partition coefficient (Wildman–Crippen LogP) is 2.28. The fraction of sp³-hybridized carbons (Fsp3) is 0.652. The number of nitrogens with one attached hydrogen (secondary N) is 2. The number of benzene rings is 1. The Kier molecular flexibility index (Phi) is 5.21. The van der Waals surface area contributed by atoms with Crippen LogP contribution in [-0.2, 0) is 9.59 Å². The minimum atomic E-state index is -0.173. The van der Waals surface area contributed by atoms with Crippen LogP contribution in [0.3, 0.4) is 0 Å². The number of anilines is 1. The van der Waals surface area contributed by atoms with E-state index in [9.17, 15) is 9.59 Å². The molecule has 4 saturated carbocycles. The van der Waals surface area contributed by atoms with Crippen molar-refractivity contribution in [2.45, 2.75) is 70.9 Å². The number of rotatable bonds is 6. The second-order valence-electron chi connectivity index (χ2n) is 9.77. The number of nitrogens with two attached hydrogens (primary N) is 1. The molecule has 1 aromatic carbocycles. The summed E-state index contributed by atoms with van der Waals surface area (Å²) in [6, 6.07) is 5.78. The van der Waals surface area contributed by atoms with Gasteiger partial charge >= 0.3 is 0 Å². The topological polar surface area (TPSA) is 74.8 Å². The summed E-state index contributed by atoms with van der Waals surface area (Å²) in [6.07, 6.45) is 8.03. The maximum absolute atomic E-state index is 12.6. The highest BCUT2D eigenvalue weighted by Gasteiger charge is 2.54. The number of hydrogen-bond donors (Lipinski definition) is 3. The first-order valence-corrected chi connectivity index (χ1v) is 10.8. The van der Waals surface area contributed by atoms with Crippen molar-refractivity contribution >= 4 is 17.5 Å². The normalized spacial score (nSPS) is 31.5. The third kappa shape index (κ3) is 3.95. The van der Waals surface area contributed by atoms with E-state index in [-0.39, 0.29) is 29.9 Å². The zero-order valence-corrected chi connectivity index (χ0v) is 17.4. The molecule has 28 heavy (non-hydrogen) atoms. The van der Waals surface area contributed by atoms with Gasteiger partial charge in [-0.3, -0.25) is 9.59 Å². The van der Waals surface area contributed by atoms with E-state index in [0.717, 1.165) is 34.6 Å². The van der Waals surface area contributed by atoms with E-state index in [0.29, 0.717) is 0 Å². The molecule has 4 bridgehead atoms. The smallest absolute Gasteiger partial charge is 0.278 e. The molecule has 5 rings (SSSR count). The molecule has 0 aliphatic heterocycles. The molecule has 4 fully saturated rings. The highest BCUT2D eigenvalue weighted by atomic mass is 16.2. The molecule has 0 aromatic heterocycles. The Morgan fingerprint density at radius 1 is 1.07 bits per heavy atom. The van der Waals surface area contributed by atoms with Gasteiger partial charge in [-0.25, -0.2) is 0 Å². The molecule has 1 atom stereocenters. The maximum Gasteiger partial charge on any atom is 0.278 e. The summed E-state index contributed by atoms with van der Waals surface area (Å²) in [5, 5.41) is 8.11. The number of carbonyl (C=O) groups is 2. The van der Waals surface area contributed by atoms with Gasteiger partial charge in [0.2, 0.25) is 5.91 Å². The van der Waals surface area contributed by atoms with Crippen LogP contribution in [0.2, 0.25) is 0 Å². The van der Waals surface area contributed by atoms with Crippen molar-refractivity contribution in [3.05, 3.63) is 29.3 Å². The van der Waals surface area contributed by atoms with Gasteiger partial charge in [-0.2, -0.15) is 0 Å². The van der Waals surface area contributed by atoms with E-state index >= 15 is 0 Å². The summed E-state index contributed by atoms with van der Waals surface area (Å²) in [5.74, 6) is 2.42. The van der Waals surface area contributed by atoms with Crippen molar-refractivity contribution in [2.75, 3.05) is 11.9 Å². The highest BCUT2D eigenvalue weighted by molar-refractivity contribution is 5.96. The Balaban J connectivity index is 1.28. The molecule has 5 heteroatoms. The predicted molar refractivity (Wildman–Crippen MR) is 110 cm³/mol. The summed E-state index contributed by atoms with van der Waals surface area (Å²) < 4.78 is 0. The van der Waals surface area contributed by atoms with Gasteiger partial charge < -0.3 is 16.0 Å². The zero-order chi connectivity index (χ0) is 19.9. The summed E-state index contributed by atoms with van der Waals surface area (Å²) in [5.41, 5.74) is 3.17. The van der Waals surface area contributed by atoms with Crippen molar-refractivity contribution in [3.63, 3.8) is 0 Å². The third-order valence-corrected chi connectivity index (χ3v) is 7.27. The van der Waals surface area contributed by atoms with Crippen molar-refractivity contribution in [1.29, 1.82) is 0 Å². The molecule has 0 saturated heterocycles. The molecule has 0 radical (unpaired) electrons. The molecule has 0 spiro atoms. The first-order chi connectivity index (χ1) is 13.3. The Labute approximate surface area is 168 Å². The first-order valence-electron chi connectivity index (χ1n) is 10.8. The number of quaternary nitrogens is 1. The Hall–Kier alpha value is -1.88. The second-order valence-corrected chi connectivity index (χ2v) is 9.77. The van der Waals surface area contributed by atoms with Crippen LogP contribution in [0, 0.1) is 31.6 Å². The van der Waals surface area contributed by atoms with Gasteiger partial charge in [0.25, 0.3) is 5.91 Å². The van der Waals surface area contributed by atoms with E-state index < -0.39 is 0 Å². The molecular weight excluding hydrogens is 350 g/mol. The van der Waals surface area contributed by atoms with E-state index in [1.807, 2.05) is 39.0 Å². The van der Waals surface area contributed by atoms with Gasteiger partial charge in [0, 0.05) is 24.9 Å². The Bertz CT molecular complexity index is 718. The van der Waals surface area contributed by atoms with Crippen molar-refractivity contribution in [1.82, 2.24) is 5.32 Å². The lowest BCUT2D eigenvalue weighted by molar-refractivity contribution is -0.754. The average Bonchev–Trinajstić information content (AvgIpc) is 2.61. The minimum absolute atomic E-state index is 0.0195. The van der Waals surface area contributed by atoms with Gasteiger partial charge in [-0.15, -0.1) is 0 Å². The standard InChI is InChI=1S/C23H33N3O2/c1-14-5-4-6-15(2)21(14)25-20(27)13-24-22(28)16(3)26-23-10-17-7-18(11-23)9-19(8-17)12-23/h4-6,16-19,26H,7-13H2,1-3H3,(H,24,28)(H,25,27)/p+1/t16-,17?,18?,19?,23?/m0/s1. The molecule has 4 aliphatic carbocycles. The number of carbonyl (C=O) groups excluding carboxylic acids is 2. The molecule has 2 amide bonds. The van der Waals surface area contributed by atoms with Gasteiger partial charge in [0.05, 0.1) is 12.1 Å². The van der Waals surface area contributed by atoms with Crippen LogP contribution in [0.15, 0.2) is 18.2 Å². The number of para-hydroxylation sites is 1. The van der Waals surface area contributed by atoms with Crippen LogP contribution in [0.25, 0.3) is 0 Å². The average molecular weight is 385 g/mol. The quantitative estimate of drug-likeness (QED) is 0.704. The van der Waals surface area contributed by atoms with Crippen LogP contribution in [-0.4, -0.2) is 29.9 Å². The van der Waals surface area contributed by atoms with Crippen LogP contribution in [0.5, 0.6) is 0 Å². The molecule has 0 heterocycles. The summed E-state index contributed by atoms with van der Waals surface area (Å²) in [7, 11) is 0. The monoisotopic (exact) mass is 384 g/mol. The lowest BCUT2D eigenvalue weighted by Crippen LogP contribution is -3.03. The van der Waals surface area contributed by atoms with Gasteiger partial charge in [0.1, 0.15) is 0 Å². The summed E-state index contributed by atoms with van der Waals surface area (Å²) >= 11 is 0. The van der Waals surface area contributed by atoms with Crippen LogP contribution < -0.4 is 16.0 Å². The molecule has 152 valence electrons. The second kappa shape index (κ2) is 7.51. The van der Waals surface area contributed by atoms with E-state index in [1.165, 1.54) is 38.5 Å². The third-order valence-electron chi connectivity index (χ3n) is 7.27. The largest absolute Gasteiger partial charge is 0.342 e. The summed E-state index contributed by atoms with van der Waals surface area (Å²) in [4.78, 5) is 25.0. The zero-order valence-electron chi connectivity index (χ0n) is 17.4. The van der Waals surface area contributed by atoms with Crippen molar-refractivity contribution in [3.8, 4) is 0 Å². The van der Waals surface area contributed by atoms with E-state index in [2.05, 4.69) is 16.0 Å². The van der Waals surface area contributed by atoms with Gasteiger partial charge in [-0.05, 0) is 68.9 Å². The van der Waals surface area contributed by atoms with Crippen molar-refractivity contribution in [2.24, 2.45) is 17.8 Å². The molecule has 1 aromatic rings. The Morgan fingerprint density at radius 3 is 2.14 bits per heavy atom. The van der Waals surface area contributed by atoms with Gasteiger partial charge in [0.15, 0.2) is 6.04 Å². The van der Waals surface area contributed by atoms with Crippen LogP contribution in [0.4, 0.5) is 5.69 Å². The maximum atomic E-state index is 12.6. The molecule has 5 nitrogen and oxygen atoms in total. The SMILES string of the molecule is Cc1cccc(C)c1NC(=O)CNC(=O)[C@H](C)[NH2+]C12CC3CC(CC(C3)C1)C2. The van der Waals surface area contributed by atoms with Crippen LogP contribution >= 0.6 is 0 Å². The van der Waals surface area contributed by atoms with E-state index in [4.69, 9.17) is 0 Å².